The SMILES string of the molecule is O=C(O)CC[C@@H]1O[C@H](c2ccccc2Cl)c2cc(Cl)ccc2N(Cc2ccccc2)C1=O. The van der Waals surface area contributed by atoms with E-state index in [2.05, 4.69) is 0 Å². The van der Waals surface area contributed by atoms with Crippen molar-refractivity contribution in [2.24, 2.45) is 0 Å². The third kappa shape index (κ3) is 4.80. The Morgan fingerprint density at radius 1 is 0.969 bits per heavy atom. The summed E-state index contributed by atoms with van der Waals surface area (Å²) in [7, 11) is 0. The molecule has 2 atom stereocenters. The third-order valence-corrected chi connectivity index (χ3v) is 5.98. The average molecular weight is 470 g/mol. The number of aliphatic carboxylic acids is 1. The van der Waals surface area contributed by atoms with Crippen molar-refractivity contribution < 1.29 is 19.4 Å². The Morgan fingerprint density at radius 3 is 2.41 bits per heavy atom. The van der Waals surface area contributed by atoms with Crippen LogP contribution < -0.4 is 4.90 Å². The second kappa shape index (κ2) is 9.74. The molecule has 3 aromatic carbocycles. The van der Waals surface area contributed by atoms with E-state index in [1.54, 1.807) is 29.2 Å². The summed E-state index contributed by atoms with van der Waals surface area (Å²) in [6, 6.07) is 22.2. The fraction of sp³-hybridized carbons (Fsp3) is 0.200. The number of halogens is 2. The van der Waals surface area contributed by atoms with Gasteiger partial charge >= 0.3 is 5.97 Å². The molecule has 0 aliphatic carbocycles. The number of carboxylic acid groups (broad SMARTS) is 1. The van der Waals surface area contributed by atoms with E-state index in [4.69, 9.17) is 27.9 Å². The molecule has 5 nitrogen and oxygen atoms in total. The highest BCUT2D eigenvalue weighted by Gasteiger charge is 2.37. The fourth-order valence-corrected chi connectivity index (χ4v) is 4.29. The Balaban J connectivity index is 1.85. The average Bonchev–Trinajstić information content (AvgIpc) is 2.89. The van der Waals surface area contributed by atoms with Crippen LogP contribution in [-0.4, -0.2) is 23.1 Å². The van der Waals surface area contributed by atoms with Crippen molar-refractivity contribution in [3.63, 3.8) is 0 Å². The van der Waals surface area contributed by atoms with Crippen molar-refractivity contribution in [2.75, 3.05) is 4.90 Å². The van der Waals surface area contributed by atoms with Crippen molar-refractivity contribution >= 4 is 40.8 Å². The minimum Gasteiger partial charge on any atom is -0.481 e. The molecule has 0 saturated heterocycles. The normalized spacial score (nSPS) is 18.2. The summed E-state index contributed by atoms with van der Waals surface area (Å²) >= 11 is 12.8. The number of benzene rings is 3. The van der Waals surface area contributed by atoms with E-state index in [0.717, 1.165) is 5.56 Å². The van der Waals surface area contributed by atoms with Gasteiger partial charge in [-0.1, -0.05) is 71.7 Å². The van der Waals surface area contributed by atoms with Gasteiger partial charge in [-0.3, -0.25) is 9.59 Å². The molecule has 0 bridgehead atoms. The summed E-state index contributed by atoms with van der Waals surface area (Å²) in [5.41, 5.74) is 2.99. The van der Waals surface area contributed by atoms with Crippen LogP contribution in [-0.2, 0) is 20.9 Å². The number of amides is 1. The Kier molecular flexibility index (Phi) is 6.80. The van der Waals surface area contributed by atoms with E-state index >= 15 is 0 Å². The summed E-state index contributed by atoms with van der Waals surface area (Å²) in [4.78, 5) is 26.5. The second-order valence-corrected chi connectivity index (χ2v) is 8.42. The quantitative estimate of drug-likeness (QED) is 0.489. The van der Waals surface area contributed by atoms with E-state index < -0.39 is 18.2 Å². The van der Waals surface area contributed by atoms with Crippen molar-refractivity contribution in [3.8, 4) is 0 Å². The largest absolute Gasteiger partial charge is 0.481 e. The standard InChI is InChI=1S/C25H21Cl2NO4/c26-17-10-11-21-19(14-17)24(18-8-4-5-9-20(18)27)32-22(12-13-23(29)30)25(31)28(21)15-16-6-2-1-3-7-16/h1-11,14,22,24H,12-13,15H2,(H,29,30)/t22-,24+/m0/s1. The van der Waals surface area contributed by atoms with Crippen molar-refractivity contribution in [1.82, 2.24) is 0 Å². The maximum absolute atomic E-state index is 13.6. The first-order chi connectivity index (χ1) is 15.4. The third-order valence-electron chi connectivity index (χ3n) is 5.40. The number of carbonyl (C=O) groups is 2. The van der Waals surface area contributed by atoms with Gasteiger partial charge in [0.05, 0.1) is 12.2 Å². The molecular weight excluding hydrogens is 449 g/mol. The molecule has 0 unspecified atom stereocenters. The number of ether oxygens (including phenoxy) is 1. The van der Waals surface area contributed by atoms with Gasteiger partial charge in [-0.25, -0.2) is 0 Å². The molecule has 1 heterocycles. The summed E-state index contributed by atoms with van der Waals surface area (Å²) in [6.45, 7) is 0.316. The number of fused-ring (bicyclic) bond motifs is 1. The predicted octanol–water partition coefficient (Wildman–Crippen LogP) is 5.88. The number of nitrogens with zero attached hydrogens (tertiary/aromatic N) is 1. The highest BCUT2D eigenvalue weighted by Crippen LogP contribution is 2.42. The molecular formula is C25H21Cl2NO4. The van der Waals surface area contributed by atoms with Crippen LogP contribution in [0.1, 0.15) is 35.6 Å². The van der Waals surface area contributed by atoms with Gasteiger partial charge in [-0.15, -0.1) is 0 Å². The van der Waals surface area contributed by atoms with Crippen LogP contribution in [0.5, 0.6) is 0 Å². The first-order valence-corrected chi connectivity index (χ1v) is 11.0. The Labute approximate surface area is 196 Å². The van der Waals surface area contributed by atoms with Crippen molar-refractivity contribution in [3.05, 3.63) is 99.5 Å². The fourth-order valence-electron chi connectivity index (χ4n) is 3.87. The van der Waals surface area contributed by atoms with Crippen LogP contribution in [0.25, 0.3) is 0 Å². The van der Waals surface area contributed by atoms with Gasteiger partial charge in [0, 0.05) is 27.6 Å². The van der Waals surface area contributed by atoms with E-state index in [1.807, 2.05) is 48.5 Å². The lowest BCUT2D eigenvalue weighted by atomic mass is 9.99. The van der Waals surface area contributed by atoms with Crippen LogP contribution in [0.2, 0.25) is 10.0 Å². The molecule has 4 rings (SSSR count). The number of hydrogen-bond acceptors (Lipinski definition) is 3. The second-order valence-electron chi connectivity index (χ2n) is 7.57. The van der Waals surface area contributed by atoms with Crippen LogP contribution in [0.4, 0.5) is 5.69 Å². The van der Waals surface area contributed by atoms with Gasteiger partial charge in [0.1, 0.15) is 12.2 Å². The zero-order chi connectivity index (χ0) is 22.7. The van der Waals surface area contributed by atoms with Gasteiger partial charge in [0.25, 0.3) is 5.91 Å². The molecule has 1 aliphatic heterocycles. The highest BCUT2D eigenvalue weighted by atomic mass is 35.5. The van der Waals surface area contributed by atoms with E-state index in [1.165, 1.54) is 0 Å². The van der Waals surface area contributed by atoms with Crippen molar-refractivity contribution in [2.45, 2.75) is 31.6 Å². The first-order valence-electron chi connectivity index (χ1n) is 10.2. The lowest BCUT2D eigenvalue weighted by Crippen LogP contribution is -2.39. The topological polar surface area (TPSA) is 66.8 Å². The van der Waals surface area contributed by atoms with Gasteiger partial charge < -0.3 is 14.7 Å². The monoisotopic (exact) mass is 469 g/mol. The lowest BCUT2D eigenvalue weighted by molar-refractivity contribution is -0.139. The molecule has 32 heavy (non-hydrogen) atoms. The minimum atomic E-state index is -0.991. The zero-order valence-electron chi connectivity index (χ0n) is 17.1. The zero-order valence-corrected chi connectivity index (χ0v) is 18.6. The molecule has 1 N–H and O–H groups in total. The number of carbonyl (C=O) groups excluding carboxylic acids is 1. The van der Waals surface area contributed by atoms with E-state index in [0.29, 0.717) is 33.4 Å². The van der Waals surface area contributed by atoms with Gasteiger partial charge in [-0.2, -0.15) is 0 Å². The predicted molar refractivity (Wildman–Crippen MR) is 124 cm³/mol. The number of anilines is 1. The molecule has 0 fully saturated rings. The molecule has 0 spiro atoms. The lowest BCUT2D eigenvalue weighted by Gasteiger charge is -2.25. The Bertz CT molecular complexity index is 1140. The number of rotatable bonds is 6. The van der Waals surface area contributed by atoms with Gasteiger partial charge in [0.2, 0.25) is 0 Å². The summed E-state index contributed by atoms with van der Waals surface area (Å²) < 4.78 is 6.29. The highest BCUT2D eigenvalue weighted by molar-refractivity contribution is 6.31. The van der Waals surface area contributed by atoms with Crippen LogP contribution >= 0.6 is 23.2 Å². The molecule has 164 valence electrons. The van der Waals surface area contributed by atoms with E-state index in [-0.39, 0.29) is 18.7 Å². The maximum atomic E-state index is 13.6. The van der Waals surface area contributed by atoms with Crippen LogP contribution in [0.15, 0.2) is 72.8 Å². The van der Waals surface area contributed by atoms with Gasteiger partial charge in [-0.05, 0) is 36.2 Å². The summed E-state index contributed by atoms with van der Waals surface area (Å²) in [5.74, 6) is -1.29. The maximum Gasteiger partial charge on any atom is 0.303 e. The van der Waals surface area contributed by atoms with Crippen LogP contribution in [0, 0.1) is 0 Å². The van der Waals surface area contributed by atoms with Crippen molar-refractivity contribution in [1.29, 1.82) is 0 Å². The number of hydrogen-bond donors (Lipinski definition) is 1. The van der Waals surface area contributed by atoms with Crippen LogP contribution in [0.3, 0.4) is 0 Å². The first kappa shape index (κ1) is 22.3. The molecule has 3 aromatic rings. The smallest absolute Gasteiger partial charge is 0.303 e. The molecule has 7 heteroatoms. The Morgan fingerprint density at radius 2 is 1.69 bits per heavy atom. The minimum absolute atomic E-state index is 0.0438. The summed E-state index contributed by atoms with van der Waals surface area (Å²) in [5, 5.41) is 10.2. The number of carboxylic acids is 1. The molecule has 0 aromatic heterocycles. The molecule has 1 amide bonds. The Hall–Kier alpha value is -2.86. The summed E-state index contributed by atoms with van der Waals surface area (Å²) in [6.07, 6.45) is -1.78. The van der Waals surface area contributed by atoms with E-state index in [9.17, 15) is 14.7 Å². The van der Waals surface area contributed by atoms with Gasteiger partial charge in [0.15, 0.2) is 0 Å². The molecule has 1 aliphatic rings. The molecule has 0 radical (unpaired) electrons. The molecule has 0 saturated carbocycles.